The number of nitrogens with one attached hydrogen (secondary N) is 4. The summed E-state index contributed by atoms with van der Waals surface area (Å²) in [6.45, 7) is 0. The van der Waals surface area contributed by atoms with Crippen LogP contribution in [0.4, 0.5) is 23.0 Å². The van der Waals surface area contributed by atoms with Gasteiger partial charge in [0.15, 0.2) is 5.82 Å². The van der Waals surface area contributed by atoms with Crippen LogP contribution in [0.2, 0.25) is 0 Å². The number of aromatic amines is 2. The van der Waals surface area contributed by atoms with Crippen molar-refractivity contribution in [2.45, 2.75) is 0 Å². The van der Waals surface area contributed by atoms with Crippen LogP contribution in [-0.4, -0.2) is 53.4 Å². The van der Waals surface area contributed by atoms with Crippen LogP contribution in [0.5, 0.6) is 0 Å². The standard InChI is InChI=1S/C32H25N13/c1-43-12-3-6-24(43)37-22-16-33-14-20(22)26-18-8-9-19-27(21-15-34-17-23(21)38-25-7-4-13-44(25)2)40-32-42-30(29-35-10-5-11-36-29)41-31(39-26)45(32)28(18)19/h3-17,33-34,37-38H,1-2H3. The molecule has 0 saturated heterocycles. The van der Waals surface area contributed by atoms with Gasteiger partial charge < -0.3 is 29.7 Å². The van der Waals surface area contributed by atoms with Gasteiger partial charge in [0.1, 0.15) is 11.6 Å². The molecule has 45 heavy (non-hydrogen) atoms. The molecular formula is C32H25N13. The molecule has 4 N–H and O–H groups in total. The lowest BCUT2D eigenvalue weighted by Gasteiger charge is -2.15. The van der Waals surface area contributed by atoms with Crippen LogP contribution < -0.4 is 10.6 Å². The fraction of sp³-hybridized carbons (Fsp3) is 0.0625. The second-order valence-electron chi connectivity index (χ2n) is 10.8. The fourth-order valence-electron chi connectivity index (χ4n) is 5.88. The van der Waals surface area contributed by atoms with Crippen molar-refractivity contribution in [2.24, 2.45) is 14.1 Å². The minimum atomic E-state index is 0.342. The van der Waals surface area contributed by atoms with Crippen molar-refractivity contribution in [1.82, 2.24) is 53.4 Å². The van der Waals surface area contributed by atoms with Crippen molar-refractivity contribution in [2.75, 3.05) is 10.6 Å². The second-order valence-corrected chi connectivity index (χ2v) is 10.8. The molecule has 8 aromatic heterocycles. The predicted octanol–water partition coefficient (Wildman–Crippen LogP) is 5.87. The maximum Gasteiger partial charge on any atom is 0.239 e. The molecule has 0 aliphatic rings. The first-order valence-corrected chi connectivity index (χ1v) is 14.3. The van der Waals surface area contributed by atoms with Crippen molar-refractivity contribution >= 4 is 50.9 Å². The molecule has 0 unspecified atom stereocenters. The quantitative estimate of drug-likeness (QED) is 0.180. The normalized spacial score (nSPS) is 11.8. The van der Waals surface area contributed by atoms with E-state index in [0.717, 1.165) is 61.8 Å². The molecule has 0 fully saturated rings. The Morgan fingerprint density at radius 3 is 1.62 bits per heavy atom. The van der Waals surface area contributed by atoms with Crippen LogP contribution in [0.25, 0.3) is 62.0 Å². The van der Waals surface area contributed by atoms with Gasteiger partial charge in [-0.25, -0.2) is 24.3 Å². The van der Waals surface area contributed by atoms with Crippen LogP contribution in [0.15, 0.2) is 92.0 Å². The van der Waals surface area contributed by atoms with Gasteiger partial charge in [-0.15, -0.1) is 0 Å². The maximum atomic E-state index is 5.12. The van der Waals surface area contributed by atoms with Gasteiger partial charge in [-0.3, -0.25) is 0 Å². The smallest absolute Gasteiger partial charge is 0.239 e. The first kappa shape index (κ1) is 25.0. The third-order valence-electron chi connectivity index (χ3n) is 8.08. The van der Waals surface area contributed by atoms with Crippen molar-refractivity contribution in [1.29, 1.82) is 0 Å². The predicted molar refractivity (Wildman–Crippen MR) is 173 cm³/mol. The van der Waals surface area contributed by atoms with Gasteiger partial charge >= 0.3 is 0 Å². The molecule has 0 bridgehead atoms. The summed E-state index contributed by atoms with van der Waals surface area (Å²) in [7, 11) is 4.00. The molecule has 9 rings (SSSR count). The van der Waals surface area contributed by atoms with E-state index in [1.807, 2.05) is 89.1 Å². The maximum absolute atomic E-state index is 5.12. The second kappa shape index (κ2) is 9.50. The lowest BCUT2D eigenvalue weighted by Crippen LogP contribution is -2.09. The molecule has 9 aromatic rings. The highest BCUT2D eigenvalue weighted by atomic mass is 15.2. The molecule has 0 amide bonds. The van der Waals surface area contributed by atoms with Crippen LogP contribution in [-0.2, 0) is 14.1 Å². The first-order valence-electron chi connectivity index (χ1n) is 14.3. The fourth-order valence-corrected chi connectivity index (χ4v) is 5.88. The van der Waals surface area contributed by atoms with E-state index < -0.39 is 0 Å². The summed E-state index contributed by atoms with van der Waals surface area (Å²) in [5.74, 6) is 3.55. The Kier molecular flexibility index (Phi) is 5.29. The molecular weight excluding hydrogens is 566 g/mol. The molecule has 0 aliphatic heterocycles. The van der Waals surface area contributed by atoms with Crippen molar-refractivity contribution < 1.29 is 0 Å². The summed E-state index contributed by atoms with van der Waals surface area (Å²) in [4.78, 5) is 35.3. The zero-order valence-corrected chi connectivity index (χ0v) is 24.2. The Bertz CT molecular complexity index is 2330. The average molecular weight is 592 g/mol. The Hall–Kier alpha value is -6.50. The molecule has 218 valence electrons. The van der Waals surface area contributed by atoms with Crippen molar-refractivity contribution in [3.05, 3.63) is 92.0 Å². The van der Waals surface area contributed by atoms with E-state index in [1.165, 1.54) is 0 Å². The Morgan fingerprint density at radius 2 is 1.13 bits per heavy atom. The minimum Gasteiger partial charge on any atom is -0.365 e. The van der Waals surface area contributed by atoms with Crippen LogP contribution in [0.3, 0.4) is 0 Å². The lowest BCUT2D eigenvalue weighted by molar-refractivity contribution is 0.936. The largest absolute Gasteiger partial charge is 0.365 e. The number of aromatic nitrogens is 11. The molecule has 8 heterocycles. The van der Waals surface area contributed by atoms with Crippen LogP contribution >= 0.6 is 0 Å². The molecule has 0 aliphatic carbocycles. The number of H-pyrrole nitrogens is 2. The summed E-state index contributed by atoms with van der Waals surface area (Å²) in [6.07, 6.45) is 15.1. The van der Waals surface area contributed by atoms with E-state index in [4.69, 9.17) is 19.9 Å². The van der Waals surface area contributed by atoms with Crippen LogP contribution in [0, 0.1) is 0 Å². The monoisotopic (exact) mass is 591 g/mol. The Morgan fingerprint density at radius 1 is 0.600 bits per heavy atom. The number of hydrogen-bond donors (Lipinski definition) is 4. The van der Waals surface area contributed by atoms with Crippen molar-refractivity contribution in [3.8, 4) is 34.2 Å². The lowest BCUT2D eigenvalue weighted by atomic mass is 10.1. The highest BCUT2D eigenvalue weighted by Crippen LogP contribution is 2.41. The molecule has 1 aromatic carbocycles. The summed E-state index contributed by atoms with van der Waals surface area (Å²) in [5, 5.41) is 8.98. The third kappa shape index (κ3) is 3.87. The Labute approximate surface area is 255 Å². The summed E-state index contributed by atoms with van der Waals surface area (Å²) in [5.41, 5.74) is 6.07. The van der Waals surface area contributed by atoms with Gasteiger partial charge in [0, 0.05) is 85.6 Å². The van der Waals surface area contributed by atoms with Gasteiger partial charge in [-0.1, -0.05) is 0 Å². The Balaban J connectivity index is 1.31. The van der Waals surface area contributed by atoms with E-state index in [9.17, 15) is 0 Å². The number of rotatable bonds is 7. The highest BCUT2D eigenvalue weighted by molar-refractivity contribution is 6.12. The molecule has 0 atom stereocenters. The number of nitrogens with zero attached hydrogens (tertiary/aromatic N) is 9. The van der Waals surface area contributed by atoms with E-state index in [1.54, 1.807) is 18.5 Å². The average Bonchev–Trinajstić information content (AvgIpc) is 3.90. The zero-order chi connectivity index (χ0) is 30.1. The van der Waals surface area contributed by atoms with Crippen molar-refractivity contribution in [3.63, 3.8) is 0 Å². The molecule has 0 radical (unpaired) electrons. The zero-order valence-electron chi connectivity index (χ0n) is 24.2. The minimum absolute atomic E-state index is 0.342. The van der Waals surface area contributed by atoms with Gasteiger partial charge in [-0.2, -0.15) is 9.97 Å². The van der Waals surface area contributed by atoms with Gasteiger partial charge in [-0.05, 0) is 42.5 Å². The summed E-state index contributed by atoms with van der Waals surface area (Å²) < 4.78 is 5.97. The van der Waals surface area contributed by atoms with E-state index >= 15 is 0 Å². The van der Waals surface area contributed by atoms with E-state index in [-0.39, 0.29) is 0 Å². The number of aryl methyl sites for hydroxylation is 2. The highest BCUT2D eigenvalue weighted by Gasteiger charge is 2.24. The van der Waals surface area contributed by atoms with Gasteiger partial charge in [0.25, 0.3) is 0 Å². The molecule has 13 nitrogen and oxygen atoms in total. The molecule has 13 heteroatoms. The number of hydrogen-bond acceptors (Lipinski definition) is 8. The first-order chi connectivity index (χ1) is 22.1. The van der Waals surface area contributed by atoms with Gasteiger partial charge in [0.2, 0.25) is 17.4 Å². The molecule has 0 spiro atoms. The van der Waals surface area contributed by atoms with E-state index in [0.29, 0.717) is 23.2 Å². The van der Waals surface area contributed by atoms with E-state index in [2.05, 4.69) is 42.7 Å². The molecule has 0 saturated carbocycles. The summed E-state index contributed by atoms with van der Waals surface area (Å²) >= 11 is 0. The number of anilines is 4. The SMILES string of the molecule is Cn1cccc1Nc1c[nH]cc1-c1nc2nc(-c3ncccn3)nc3nc(-c4c[nH]cc4Nc4cccn4C)c4ccc1c4n23. The summed E-state index contributed by atoms with van der Waals surface area (Å²) in [6, 6.07) is 14.0. The van der Waals surface area contributed by atoms with Crippen LogP contribution in [0.1, 0.15) is 0 Å². The third-order valence-corrected chi connectivity index (χ3v) is 8.08. The van der Waals surface area contributed by atoms with Gasteiger partial charge in [0.05, 0.1) is 28.3 Å². The topological polar surface area (TPSA) is 147 Å².